The van der Waals surface area contributed by atoms with Gasteiger partial charge in [0.05, 0.1) is 0 Å². The third-order valence-corrected chi connectivity index (χ3v) is 4.14. The van der Waals surface area contributed by atoms with Gasteiger partial charge in [-0.3, -0.25) is 9.52 Å². The van der Waals surface area contributed by atoms with Crippen molar-refractivity contribution < 1.29 is 13.2 Å². The van der Waals surface area contributed by atoms with Gasteiger partial charge >= 0.3 is 0 Å². The molecule has 1 amide bonds. The van der Waals surface area contributed by atoms with Gasteiger partial charge in [0.25, 0.3) is 0 Å². The summed E-state index contributed by atoms with van der Waals surface area (Å²) < 4.78 is 25.4. The first-order valence-corrected chi connectivity index (χ1v) is 8.01. The lowest BCUT2D eigenvalue weighted by atomic mass is 10.1. The van der Waals surface area contributed by atoms with Crippen molar-refractivity contribution in [3.05, 3.63) is 24.3 Å². The Morgan fingerprint density at radius 1 is 1.25 bits per heavy atom. The maximum absolute atomic E-state index is 11.8. The lowest BCUT2D eigenvalue weighted by Gasteiger charge is -2.26. The van der Waals surface area contributed by atoms with Crippen LogP contribution in [0.4, 0.5) is 11.4 Å². The number of anilines is 2. The molecule has 1 N–H and O–H groups in total. The minimum absolute atomic E-state index is 0.108. The molecule has 1 fully saturated rings. The summed E-state index contributed by atoms with van der Waals surface area (Å²) in [7, 11) is -3.50. The van der Waals surface area contributed by atoms with Crippen molar-refractivity contribution in [2.24, 2.45) is 0 Å². The van der Waals surface area contributed by atoms with Crippen LogP contribution in [0.2, 0.25) is 0 Å². The fourth-order valence-corrected chi connectivity index (χ4v) is 2.90. The largest absolute Gasteiger partial charge is 0.312 e. The molecule has 0 saturated carbocycles. The summed E-state index contributed by atoms with van der Waals surface area (Å²) in [4.78, 5) is 13.5. The number of carbonyl (C=O) groups excluding carboxylic acids is 1. The molecule has 0 aromatic heterocycles. The minimum Gasteiger partial charge on any atom is -0.312 e. The molecule has 0 spiro atoms. The number of carbonyl (C=O) groups is 1. The second-order valence-corrected chi connectivity index (χ2v) is 6.34. The van der Waals surface area contributed by atoms with Crippen molar-refractivity contribution in [1.29, 1.82) is 0 Å². The van der Waals surface area contributed by atoms with Gasteiger partial charge in [-0.05, 0) is 37.1 Å². The molecule has 20 heavy (non-hydrogen) atoms. The van der Waals surface area contributed by atoms with E-state index < -0.39 is 10.0 Å². The Balaban J connectivity index is 2.10. The highest BCUT2D eigenvalue weighted by Gasteiger charge is 2.19. The van der Waals surface area contributed by atoms with Crippen LogP contribution >= 0.6 is 0 Å². The van der Waals surface area contributed by atoms with Crippen molar-refractivity contribution in [3.63, 3.8) is 0 Å². The van der Waals surface area contributed by atoms with Crippen LogP contribution in [0.15, 0.2) is 24.3 Å². The second kappa shape index (κ2) is 5.97. The monoisotopic (exact) mass is 292 g/mol. The number of rotatable bonds is 4. The predicted octanol–water partition coefficient (Wildman–Crippen LogP) is 1.58. The maximum atomic E-state index is 11.8. The molecule has 6 heteroatoms. The molecule has 2 rings (SSSR count). The average molecular weight is 292 g/mol. The van der Waals surface area contributed by atoms with Crippen LogP contribution in [0.3, 0.4) is 0 Å². The van der Waals surface area contributed by atoms with Gasteiger partial charge in [0, 0.05) is 24.3 Å². The quantitative estimate of drug-likeness (QED) is 0.857. The number of benzene rings is 1. The van der Waals surface area contributed by atoms with Crippen LogP contribution < -0.4 is 9.62 Å². The summed E-state index contributed by atoms with van der Waals surface area (Å²) in [6, 6.07) is 6.73. The first kappa shape index (κ1) is 14.4. The van der Waals surface area contributed by atoms with Crippen molar-refractivity contribution in [3.8, 4) is 12.3 Å². The van der Waals surface area contributed by atoms with E-state index >= 15 is 0 Å². The van der Waals surface area contributed by atoms with Gasteiger partial charge < -0.3 is 4.90 Å². The van der Waals surface area contributed by atoms with Gasteiger partial charge in [-0.15, -0.1) is 6.42 Å². The number of nitrogens with one attached hydrogen (secondary N) is 1. The van der Waals surface area contributed by atoms with Crippen LogP contribution in [0.25, 0.3) is 0 Å². The third kappa shape index (κ3) is 3.52. The van der Waals surface area contributed by atoms with Gasteiger partial charge in [0.1, 0.15) is 5.75 Å². The Morgan fingerprint density at radius 3 is 2.55 bits per heavy atom. The summed E-state index contributed by atoms with van der Waals surface area (Å²) in [5.41, 5.74) is 1.23. The van der Waals surface area contributed by atoms with Crippen LogP contribution in [0.1, 0.15) is 19.3 Å². The van der Waals surface area contributed by atoms with Gasteiger partial charge in [-0.1, -0.05) is 5.92 Å². The molecular weight excluding hydrogens is 276 g/mol. The van der Waals surface area contributed by atoms with Gasteiger partial charge in [-0.2, -0.15) is 0 Å². The van der Waals surface area contributed by atoms with E-state index in [1.807, 2.05) is 0 Å². The molecule has 0 radical (unpaired) electrons. The molecule has 0 bridgehead atoms. The molecule has 0 unspecified atom stereocenters. The summed E-state index contributed by atoms with van der Waals surface area (Å²) in [6.45, 7) is 0.709. The summed E-state index contributed by atoms with van der Waals surface area (Å²) in [6.07, 6.45) is 7.48. The lowest BCUT2D eigenvalue weighted by Crippen LogP contribution is -2.35. The van der Waals surface area contributed by atoms with Crippen LogP contribution in [-0.4, -0.2) is 26.6 Å². The highest BCUT2D eigenvalue weighted by atomic mass is 32.2. The van der Waals surface area contributed by atoms with E-state index in [0.717, 1.165) is 18.5 Å². The Hall–Kier alpha value is -2.00. The summed E-state index contributed by atoms with van der Waals surface area (Å²) in [5, 5.41) is 0. The minimum atomic E-state index is -3.50. The van der Waals surface area contributed by atoms with E-state index in [1.165, 1.54) is 0 Å². The molecule has 1 aromatic carbocycles. The van der Waals surface area contributed by atoms with Crippen molar-refractivity contribution >= 4 is 27.3 Å². The first-order chi connectivity index (χ1) is 9.52. The molecule has 1 heterocycles. The zero-order valence-electron chi connectivity index (χ0n) is 11.0. The Morgan fingerprint density at radius 2 is 1.95 bits per heavy atom. The van der Waals surface area contributed by atoms with E-state index in [4.69, 9.17) is 6.42 Å². The average Bonchev–Trinajstić information content (AvgIpc) is 2.40. The number of hydrogen-bond acceptors (Lipinski definition) is 3. The summed E-state index contributed by atoms with van der Waals surface area (Å²) in [5.74, 6) is 1.84. The molecule has 1 saturated heterocycles. The molecule has 1 aromatic rings. The Kier molecular flexibility index (Phi) is 4.30. The normalized spacial score (nSPS) is 15.8. The second-order valence-electron chi connectivity index (χ2n) is 4.61. The smallest absolute Gasteiger partial charge is 0.244 e. The molecule has 1 aliphatic rings. The molecule has 1 aliphatic heterocycles. The number of nitrogens with zero attached hydrogens (tertiary/aromatic N) is 1. The number of sulfonamides is 1. The van der Waals surface area contributed by atoms with Crippen LogP contribution in [0, 0.1) is 12.3 Å². The number of terminal acetylenes is 1. The highest BCUT2D eigenvalue weighted by Crippen LogP contribution is 2.23. The van der Waals surface area contributed by atoms with Gasteiger partial charge in [-0.25, -0.2) is 8.42 Å². The zero-order chi connectivity index (χ0) is 14.6. The maximum Gasteiger partial charge on any atom is 0.244 e. The molecular formula is C14H16N2O3S. The first-order valence-electron chi connectivity index (χ1n) is 6.36. The number of piperidine rings is 1. The van der Waals surface area contributed by atoms with E-state index in [-0.39, 0.29) is 11.7 Å². The molecule has 0 atom stereocenters. The fraction of sp³-hybridized carbons (Fsp3) is 0.357. The zero-order valence-corrected chi connectivity index (χ0v) is 11.8. The topological polar surface area (TPSA) is 66.5 Å². The van der Waals surface area contributed by atoms with Crippen molar-refractivity contribution in [2.75, 3.05) is 21.9 Å². The predicted molar refractivity (Wildman–Crippen MR) is 78.9 cm³/mol. The summed E-state index contributed by atoms with van der Waals surface area (Å²) >= 11 is 0. The van der Waals surface area contributed by atoms with Crippen molar-refractivity contribution in [2.45, 2.75) is 19.3 Å². The highest BCUT2D eigenvalue weighted by molar-refractivity contribution is 7.92. The molecule has 106 valence electrons. The van der Waals surface area contributed by atoms with E-state index in [1.54, 1.807) is 29.2 Å². The lowest BCUT2D eigenvalue weighted by molar-refractivity contribution is -0.119. The van der Waals surface area contributed by atoms with E-state index in [9.17, 15) is 13.2 Å². The molecule has 5 nitrogen and oxygen atoms in total. The van der Waals surface area contributed by atoms with Crippen molar-refractivity contribution in [1.82, 2.24) is 0 Å². The van der Waals surface area contributed by atoms with E-state index in [0.29, 0.717) is 18.7 Å². The fourth-order valence-electron chi connectivity index (χ4n) is 2.11. The van der Waals surface area contributed by atoms with Crippen LogP contribution in [-0.2, 0) is 14.8 Å². The molecule has 0 aliphatic carbocycles. The van der Waals surface area contributed by atoms with E-state index in [2.05, 4.69) is 10.6 Å². The Bertz CT molecular complexity index is 629. The number of hydrogen-bond donors (Lipinski definition) is 1. The third-order valence-electron chi connectivity index (χ3n) is 3.05. The van der Waals surface area contributed by atoms with Crippen LogP contribution in [0.5, 0.6) is 0 Å². The van der Waals surface area contributed by atoms with Gasteiger partial charge in [0.15, 0.2) is 0 Å². The van der Waals surface area contributed by atoms with Gasteiger partial charge in [0.2, 0.25) is 15.9 Å². The SMILES string of the molecule is C#CCS(=O)(=O)Nc1ccc(N2CCCCC2=O)cc1. The standard InChI is InChI=1S/C14H16N2O3S/c1-2-11-20(18,19)15-12-6-8-13(9-7-12)16-10-4-3-5-14(16)17/h1,6-9,15H,3-5,10-11H2. The Labute approximate surface area is 119 Å². The number of amides is 1.